The molecule has 172 valence electrons. The topological polar surface area (TPSA) is 37.3 Å². The second kappa shape index (κ2) is 9.88. The average molecular weight is 462 g/mol. The summed E-state index contributed by atoms with van der Waals surface area (Å²) in [7, 11) is 2.03. The predicted octanol–water partition coefficient (Wildman–Crippen LogP) is 6.48. The maximum atomic E-state index is 13.2. The smallest absolute Gasteiger partial charge is 0.236 e. The van der Waals surface area contributed by atoms with Gasteiger partial charge in [0.05, 0.1) is 5.92 Å². The molecule has 0 saturated carbocycles. The fourth-order valence-corrected chi connectivity index (χ4v) is 4.88. The first-order valence-corrected chi connectivity index (χ1v) is 12.0. The lowest BCUT2D eigenvalue weighted by Gasteiger charge is -2.19. The number of allylic oxidation sites excluding steroid dienone is 1. The maximum Gasteiger partial charge on any atom is 0.236 e. The molecule has 0 bridgehead atoms. The van der Waals surface area contributed by atoms with Crippen LogP contribution in [0.25, 0.3) is 16.5 Å². The van der Waals surface area contributed by atoms with Crippen LogP contribution in [0.2, 0.25) is 5.02 Å². The summed E-state index contributed by atoms with van der Waals surface area (Å²) in [6.07, 6.45) is 6.89. The zero-order valence-corrected chi connectivity index (χ0v) is 20.5. The molecule has 1 aliphatic rings. The van der Waals surface area contributed by atoms with Crippen LogP contribution in [0, 0.1) is 12.8 Å². The van der Waals surface area contributed by atoms with Crippen molar-refractivity contribution in [1.82, 2.24) is 9.88 Å². The van der Waals surface area contributed by atoms with Crippen molar-refractivity contribution < 1.29 is 4.79 Å². The summed E-state index contributed by atoms with van der Waals surface area (Å²) in [6.45, 7) is 9.91. The van der Waals surface area contributed by atoms with Gasteiger partial charge in [-0.05, 0) is 79.3 Å². The highest BCUT2D eigenvalue weighted by Crippen LogP contribution is 2.31. The number of carbonyl (C=O) groups is 1. The number of anilines is 1. The molecule has 1 aromatic heterocycles. The van der Waals surface area contributed by atoms with Gasteiger partial charge in [0.15, 0.2) is 0 Å². The van der Waals surface area contributed by atoms with Crippen LogP contribution in [-0.4, -0.2) is 23.6 Å². The standard InChI is InChI=1S/C28H32ClN3O/c1-5-6-21(26-18-23(29)8-7-19(26)2)11-14-30-20(3)25-13-16-32(28(25)33)24-9-10-27-22(17-24)12-15-31(27)4/h6-10,12,15,17-18,25,30H,3,5,11,13-14,16H2,1-2,4H3/b21-6-. The second-order valence-electron chi connectivity index (χ2n) is 8.80. The third-order valence-corrected chi connectivity index (χ3v) is 6.78. The van der Waals surface area contributed by atoms with Crippen LogP contribution >= 0.6 is 11.6 Å². The Bertz CT molecular complexity index is 1220. The quantitative estimate of drug-likeness (QED) is 0.416. The summed E-state index contributed by atoms with van der Waals surface area (Å²) in [5.74, 6) is -0.0687. The number of halogens is 1. The van der Waals surface area contributed by atoms with Crippen molar-refractivity contribution in [3.05, 3.63) is 83.2 Å². The van der Waals surface area contributed by atoms with Crippen LogP contribution in [0.4, 0.5) is 5.69 Å². The molecule has 3 aromatic rings. The minimum Gasteiger partial charge on any atom is -0.388 e. The molecule has 2 heterocycles. The lowest BCUT2D eigenvalue weighted by molar-refractivity contribution is -0.119. The molecule has 4 nitrogen and oxygen atoms in total. The highest BCUT2D eigenvalue weighted by atomic mass is 35.5. The largest absolute Gasteiger partial charge is 0.388 e. The van der Waals surface area contributed by atoms with Crippen molar-refractivity contribution in [1.29, 1.82) is 0 Å². The number of nitrogens with zero attached hydrogens (tertiary/aromatic N) is 2. The molecular weight excluding hydrogens is 430 g/mol. The maximum absolute atomic E-state index is 13.2. The second-order valence-corrected chi connectivity index (χ2v) is 9.24. The van der Waals surface area contributed by atoms with Gasteiger partial charge in [0.2, 0.25) is 5.91 Å². The zero-order chi connectivity index (χ0) is 23.5. The Hall–Kier alpha value is -2.98. The summed E-state index contributed by atoms with van der Waals surface area (Å²) in [6, 6.07) is 14.3. The highest BCUT2D eigenvalue weighted by Gasteiger charge is 2.34. The Balaban J connectivity index is 1.38. The van der Waals surface area contributed by atoms with Gasteiger partial charge in [0.25, 0.3) is 0 Å². The summed E-state index contributed by atoms with van der Waals surface area (Å²) < 4.78 is 2.09. The van der Waals surface area contributed by atoms with Gasteiger partial charge in [-0.15, -0.1) is 0 Å². The Morgan fingerprint density at radius 3 is 2.85 bits per heavy atom. The number of rotatable bonds is 8. The van der Waals surface area contributed by atoms with Gasteiger partial charge in [0.1, 0.15) is 0 Å². The fraction of sp³-hybridized carbons (Fsp3) is 0.321. The molecule has 33 heavy (non-hydrogen) atoms. The van der Waals surface area contributed by atoms with E-state index < -0.39 is 0 Å². The first-order valence-electron chi connectivity index (χ1n) is 11.6. The van der Waals surface area contributed by atoms with Crippen molar-refractivity contribution in [3.8, 4) is 0 Å². The Morgan fingerprint density at radius 1 is 1.24 bits per heavy atom. The van der Waals surface area contributed by atoms with Crippen LogP contribution in [0.3, 0.4) is 0 Å². The molecule has 1 N–H and O–H groups in total. The van der Waals surface area contributed by atoms with E-state index in [1.165, 1.54) is 22.2 Å². The molecule has 0 aliphatic carbocycles. The molecular formula is C28H32ClN3O. The van der Waals surface area contributed by atoms with Gasteiger partial charge in [-0.3, -0.25) is 4.79 Å². The van der Waals surface area contributed by atoms with Crippen LogP contribution in [0.15, 0.2) is 67.0 Å². The van der Waals surface area contributed by atoms with Crippen molar-refractivity contribution in [2.45, 2.75) is 33.1 Å². The van der Waals surface area contributed by atoms with Crippen LogP contribution in [0.5, 0.6) is 0 Å². The SMILES string of the molecule is C=C(NCC/C(=C/CC)c1cc(Cl)ccc1C)C1CCN(c2ccc3c(ccn3C)c2)C1=O. The van der Waals surface area contributed by atoms with E-state index in [0.717, 1.165) is 47.6 Å². The highest BCUT2D eigenvalue weighted by molar-refractivity contribution is 6.30. The monoisotopic (exact) mass is 461 g/mol. The number of benzene rings is 2. The molecule has 0 radical (unpaired) electrons. The van der Waals surface area contributed by atoms with Gasteiger partial charge in [-0.2, -0.15) is 0 Å². The minimum atomic E-state index is -0.192. The Morgan fingerprint density at radius 2 is 2.06 bits per heavy atom. The van der Waals surface area contributed by atoms with Gasteiger partial charge >= 0.3 is 0 Å². The number of carbonyl (C=O) groups excluding carboxylic acids is 1. The number of nitrogens with one attached hydrogen (secondary N) is 1. The average Bonchev–Trinajstić information content (AvgIpc) is 3.37. The van der Waals surface area contributed by atoms with E-state index in [1.54, 1.807) is 0 Å². The van der Waals surface area contributed by atoms with E-state index in [2.05, 4.69) is 60.7 Å². The fourth-order valence-electron chi connectivity index (χ4n) is 4.71. The molecule has 1 saturated heterocycles. The minimum absolute atomic E-state index is 0.123. The van der Waals surface area contributed by atoms with Gasteiger partial charge in [0, 0.05) is 53.6 Å². The summed E-state index contributed by atoms with van der Waals surface area (Å²) in [4.78, 5) is 15.1. The van der Waals surface area contributed by atoms with Crippen molar-refractivity contribution in [2.75, 3.05) is 18.0 Å². The number of hydrogen-bond donors (Lipinski definition) is 1. The van der Waals surface area contributed by atoms with Gasteiger partial charge in [-0.1, -0.05) is 37.2 Å². The third kappa shape index (κ3) is 4.86. The molecule has 1 unspecified atom stereocenters. The number of hydrogen-bond acceptors (Lipinski definition) is 2. The molecule has 4 rings (SSSR count). The summed E-state index contributed by atoms with van der Waals surface area (Å²) >= 11 is 6.24. The molecule has 1 amide bonds. The number of amides is 1. The van der Waals surface area contributed by atoms with Crippen molar-refractivity contribution in [2.24, 2.45) is 13.0 Å². The lowest BCUT2D eigenvalue weighted by Crippen LogP contribution is -2.30. The van der Waals surface area contributed by atoms with Crippen molar-refractivity contribution >= 4 is 39.7 Å². The predicted molar refractivity (Wildman–Crippen MR) is 140 cm³/mol. The summed E-state index contributed by atoms with van der Waals surface area (Å²) in [5.41, 5.74) is 6.61. The number of aryl methyl sites for hydroxylation is 2. The van der Waals surface area contributed by atoms with E-state index in [0.29, 0.717) is 6.54 Å². The normalized spacial score (nSPS) is 16.6. The molecule has 1 fully saturated rings. The Kier molecular flexibility index (Phi) is 6.94. The van der Waals surface area contributed by atoms with E-state index >= 15 is 0 Å². The molecule has 5 heteroatoms. The lowest BCUT2D eigenvalue weighted by atomic mass is 9.97. The van der Waals surface area contributed by atoms with Gasteiger partial charge in [-0.25, -0.2) is 0 Å². The summed E-state index contributed by atoms with van der Waals surface area (Å²) in [5, 5.41) is 5.33. The first kappa shape index (κ1) is 23.2. The zero-order valence-electron chi connectivity index (χ0n) is 19.7. The number of fused-ring (bicyclic) bond motifs is 1. The van der Waals surface area contributed by atoms with E-state index in [9.17, 15) is 4.79 Å². The van der Waals surface area contributed by atoms with E-state index in [1.807, 2.05) is 36.3 Å². The first-order chi connectivity index (χ1) is 15.9. The van der Waals surface area contributed by atoms with Gasteiger partial charge < -0.3 is 14.8 Å². The Labute approximate surface area is 201 Å². The molecule has 2 aromatic carbocycles. The third-order valence-electron chi connectivity index (χ3n) is 6.55. The molecule has 1 aliphatic heterocycles. The van der Waals surface area contributed by atoms with Crippen molar-refractivity contribution in [3.63, 3.8) is 0 Å². The van der Waals surface area contributed by atoms with Crippen LogP contribution in [0.1, 0.15) is 37.3 Å². The van der Waals surface area contributed by atoms with E-state index in [4.69, 9.17) is 11.6 Å². The van der Waals surface area contributed by atoms with Crippen LogP contribution < -0.4 is 10.2 Å². The number of aromatic nitrogens is 1. The van der Waals surface area contributed by atoms with Crippen LogP contribution in [-0.2, 0) is 11.8 Å². The van der Waals surface area contributed by atoms with E-state index in [-0.39, 0.29) is 11.8 Å². The molecule has 1 atom stereocenters. The molecule has 0 spiro atoms.